The van der Waals surface area contributed by atoms with Gasteiger partial charge in [0.1, 0.15) is 11.6 Å². The van der Waals surface area contributed by atoms with E-state index in [4.69, 9.17) is 10.5 Å². The number of ketones is 1. The molecule has 4 aromatic rings. The summed E-state index contributed by atoms with van der Waals surface area (Å²) in [5.41, 5.74) is 16.0. The largest absolute Gasteiger partial charge is 0.454 e. The van der Waals surface area contributed by atoms with Crippen LogP contribution in [-0.2, 0) is 0 Å². The number of nitrogens with two attached hydrogens (primary N) is 1. The number of anilines is 1. The van der Waals surface area contributed by atoms with Crippen LogP contribution in [0.15, 0.2) is 72.1 Å². The van der Waals surface area contributed by atoms with E-state index >= 15 is 0 Å². The van der Waals surface area contributed by atoms with Crippen molar-refractivity contribution in [2.75, 3.05) is 24.6 Å². The van der Waals surface area contributed by atoms with Crippen LogP contribution in [0.1, 0.15) is 59.8 Å². The lowest BCUT2D eigenvalue weighted by atomic mass is 9.86. The predicted octanol–water partition coefficient (Wildman–Crippen LogP) is 6.68. The van der Waals surface area contributed by atoms with E-state index in [0.717, 1.165) is 48.1 Å². The Balaban J connectivity index is 1.20. The Labute approximate surface area is 246 Å². The van der Waals surface area contributed by atoms with Crippen molar-refractivity contribution in [1.29, 1.82) is 0 Å². The minimum absolute atomic E-state index is 0.126. The Morgan fingerprint density at radius 2 is 1.76 bits per heavy atom. The monoisotopic (exact) mass is 567 g/mol. The molecule has 0 spiro atoms. The number of aromatic amines is 1. The molecule has 0 radical (unpaired) electrons. The molecular weight excluding hydrogens is 529 g/mol. The van der Waals surface area contributed by atoms with Crippen LogP contribution in [0.4, 0.5) is 10.1 Å². The first-order valence-corrected chi connectivity index (χ1v) is 14.7. The van der Waals surface area contributed by atoms with Gasteiger partial charge >= 0.3 is 0 Å². The number of carbonyl (C=O) groups excluding carboxylic acids is 1. The molecule has 0 amide bonds. The number of benzene rings is 3. The topological polar surface area (TPSA) is 86.6 Å². The molecule has 3 aromatic carbocycles. The molecule has 218 valence electrons. The number of para-hydroxylation sites is 1. The summed E-state index contributed by atoms with van der Waals surface area (Å²) in [4.78, 5) is 19.6. The molecule has 1 aromatic heterocycles. The maximum absolute atomic E-state index is 14.1. The fourth-order valence-electron chi connectivity index (χ4n) is 6.19. The van der Waals surface area contributed by atoms with Crippen molar-refractivity contribution in [3.8, 4) is 11.5 Å². The third kappa shape index (κ3) is 5.28. The van der Waals surface area contributed by atoms with Gasteiger partial charge < -0.3 is 20.4 Å². The van der Waals surface area contributed by atoms with E-state index < -0.39 is 5.82 Å². The number of H-pyrrole nitrogens is 1. The van der Waals surface area contributed by atoms with Gasteiger partial charge in [0.15, 0.2) is 11.6 Å². The van der Waals surface area contributed by atoms with Crippen LogP contribution in [0.2, 0.25) is 0 Å². The molecule has 7 nitrogen and oxygen atoms in total. The first kappa shape index (κ1) is 28.0. The summed E-state index contributed by atoms with van der Waals surface area (Å²) < 4.78 is 19.9. The van der Waals surface area contributed by atoms with Crippen LogP contribution in [0, 0.1) is 19.7 Å². The molecule has 2 aliphatic rings. The molecule has 8 heteroatoms. The summed E-state index contributed by atoms with van der Waals surface area (Å²) >= 11 is 0. The standard InChI is InChI=1S/C34H38FN5O2/c1-20(2)39-13-11-23(12-14-39)26-18-29-24(15-21(26)3)17-30(38-29)33(41)27-19-37-40(34(27)36)25-9-10-31(22(4)16-25)42-32-8-6-5-7-28(32)35/h5-10,15-18,20,23,37-38H,11-14,19,36H2,1-4H3. The van der Waals surface area contributed by atoms with Gasteiger partial charge in [-0.1, -0.05) is 12.1 Å². The molecule has 42 heavy (non-hydrogen) atoms. The number of carbonyl (C=O) groups is 1. The average Bonchev–Trinajstić information content (AvgIpc) is 3.57. The second-order valence-electron chi connectivity index (χ2n) is 11.7. The van der Waals surface area contributed by atoms with E-state index in [1.54, 1.807) is 29.3 Å². The molecule has 0 unspecified atom stereocenters. The molecule has 1 fully saturated rings. The molecule has 0 saturated carbocycles. The van der Waals surface area contributed by atoms with Crippen molar-refractivity contribution >= 4 is 22.4 Å². The highest BCUT2D eigenvalue weighted by molar-refractivity contribution is 6.11. The van der Waals surface area contributed by atoms with Gasteiger partial charge in [-0.2, -0.15) is 0 Å². The number of likely N-dealkylation sites (tertiary alicyclic amines) is 1. The van der Waals surface area contributed by atoms with Gasteiger partial charge in [0, 0.05) is 23.5 Å². The van der Waals surface area contributed by atoms with E-state index in [2.05, 4.69) is 48.2 Å². The zero-order valence-corrected chi connectivity index (χ0v) is 24.6. The number of halogens is 1. The number of fused-ring (bicyclic) bond motifs is 1. The van der Waals surface area contributed by atoms with Crippen LogP contribution in [-0.4, -0.2) is 41.3 Å². The molecule has 0 bridgehead atoms. The maximum atomic E-state index is 14.1. The zero-order valence-electron chi connectivity index (χ0n) is 24.6. The van der Waals surface area contributed by atoms with Crippen molar-refractivity contribution in [2.45, 2.75) is 52.5 Å². The highest BCUT2D eigenvalue weighted by Crippen LogP contribution is 2.35. The number of ether oxygens (including phenoxy) is 1. The summed E-state index contributed by atoms with van der Waals surface area (Å²) in [5, 5.41) is 2.74. The maximum Gasteiger partial charge on any atom is 0.210 e. The fourth-order valence-corrected chi connectivity index (χ4v) is 6.19. The van der Waals surface area contributed by atoms with Crippen molar-refractivity contribution in [2.24, 2.45) is 5.73 Å². The Bertz CT molecular complexity index is 1680. The molecule has 6 rings (SSSR count). The van der Waals surface area contributed by atoms with Crippen LogP contribution in [0.5, 0.6) is 11.5 Å². The van der Waals surface area contributed by atoms with E-state index in [9.17, 15) is 9.18 Å². The van der Waals surface area contributed by atoms with Gasteiger partial charge in [-0.05, 0) is 125 Å². The van der Waals surface area contributed by atoms with Crippen molar-refractivity contribution in [3.63, 3.8) is 0 Å². The van der Waals surface area contributed by atoms with Gasteiger partial charge in [-0.3, -0.25) is 9.80 Å². The van der Waals surface area contributed by atoms with Gasteiger partial charge in [0.25, 0.3) is 0 Å². The number of hydrazine groups is 1. The minimum atomic E-state index is -0.423. The summed E-state index contributed by atoms with van der Waals surface area (Å²) in [6.45, 7) is 11.1. The Morgan fingerprint density at radius 1 is 1.00 bits per heavy atom. The highest BCUT2D eigenvalue weighted by atomic mass is 19.1. The fraction of sp³-hybridized carbons (Fsp3) is 0.324. The zero-order chi connectivity index (χ0) is 29.5. The molecule has 1 saturated heterocycles. The van der Waals surface area contributed by atoms with Crippen LogP contribution < -0.4 is 20.9 Å². The summed E-state index contributed by atoms with van der Waals surface area (Å²) in [5.74, 6) is 1.05. The van der Waals surface area contributed by atoms with E-state index in [1.165, 1.54) is 17.2 Å². The number of aryl methyl sites for hydroxylation is 2. The molecular formula is C34H38FN5O2. The number of Topliss-reactive ketones (excluding diaryl/α,β-unsaturated/α-hetero) is 1. The van der Waals surface area contributed by atoms with Gasteiger partial charge in [-0.25, -0.2) is 9.82 Å². The van der Waals surface area contributed by atoms with Crippen LogP contribution in [0.3, 0.4) is 0 Å². The van der Waals surface area contributed by atoms with Crippen LogP contribution >= 0.6 is 0 Å². The number of nitrogens with one attached hydrogen (secondary N) is 2. The number of aromatic nitrogens is 1. The van der Waals surface area contributed by atoms with Gasteiger partial charge in [0.05, 0.1) is 17.0 Å². The average molecular weight is 568 g/mol. The van der Waals surface area contributed by atoms with Crippen molar-refractivity contribution in [3.05, 3.63) is 100 Å². The summed E-state index contributed by atoms with van der Waals surface area (Å²) in [7, 11) is 0. The van der Waals surface area contributed by atoms with Gasteiger partial charge in [0.2, 0.25) is 5.78 Å². The summed E-state index contributed by atoms with van der Waals surface area (Å²) in [6.07, 6.45) is 2.30. The molecule has 2 aliphatic heterocycles. The van der Waals surface area contributed by atoms with Gasteiger partial charge in [-0.15, -0.1) is 0 Å². The smallest absolute Gasteiger partial charge is 0.210 e. The number of piperidine rings is 1. The quantitative estimate of drug-likeness (QED) is 0.216. The SMILES string of the molecule is Cc1cc(N2NCC(C(=O)c3cc4cc(C)c(C5CCN(C(C)C)CC5)cc4[nH]3)=C2N)ccc1Oc1ccccc1F. The summed E-state index contributed by atoms with van der Waals surface area (Å²) in [6, 6.07) is 18.7. The molecule has 0 atom stereocenters. The van der Waals surface area contributed by atoms with Crippen molar-refractivity contribution < 1.29 is 13.9 Å². The lowest BCUT2D eigenvalue weighted by Crippen LogP contribution is -2.37. The molecule has 3 heterocycles. The third-order valence-electron chi connectivity index (χ3n) is 8.66. The second kappa shape index (κ2) is 11.3. The Kier molecular flexibility index (Phi) is 7.51. The predicted molar refractivity (Wildman–Crippen MR) is 165 cm³/mol. The number of rotatable bonds is 7. The molecule has 0 aliphatic carbocycles. The number of nitrogens with zero attached hydrogens (tertiary/aromatic N) is 2. The van der Waals surface area contributed by atoms with Crippen molar-refractivity contribution in [1.82, 2.24) is 15.3 Å². The highest BCUT2D eigenvalue weighted by Gasteiger charge is 2.29. The third-order valence-corrected chi connectivity index (χ3v) is 8.66. The first-order chi connectivity index (χ1) is 20.2. The van der Waals surface area contributed by atoms with Crippen LogP contribution in [0.25, 0.3) is 10.9 Å². The number of hydrogen-bond acceptors (Lipinski definition) is 6. The molecule has 4 N–H and O–H groups in total. The first-order valence-electron chi connectivity index (χ1n) is 14.7. The van der Waals surface area contributed by atoms with E-state index in [-0.39, 0.29) is 11.5 Å². The Hall–Kier alpha value is -4.14. The second-order valence-corrected chi connectivity index (χ2v) is 11.7. The lowest BCUT2D eigenvalue weighted by Gasteiger charge is -2.35. The van der Waals surface area contributed by atoms with E-state index in [1.807, 2.05) is 25.1 Å². The minimum Gasteiger partial charge on any atom is -0.454 e. The lowest BCUT2D eigenvalue weighted by molar-refractivity contribution is 0.102. The Morgan fingerprint density at radius 3 is 2.48 bits per heavy atom. The number of hydrogen-bond donors (Lipinski definition) is 3. The van der Waals surface area contributed by atoms with E-state index in [0.29, 0.717) is 41.3 Å². The normalized spacial score (nSPS) is 16.7.